The summed E-state index contributed by atoms with van der Waals surface area (Å²) in [6.07, 6.45) is 1.53. The largest absolute Gasteiger partial charge is 0.366 e. The van der Waals surface area contributed by atoms with Crippen LogP contribution in [0.5, 0.6) is 0 Å². The third-order valence-electron chi connectivity index (χ3n) is 1.20. The number of halogens is 1. The van der Waals surface area contributed by atoms with Crippen LogP contribution in [0.25, 0.3) is 0 Å². The van der Waals surface area contributed by atoms with Crippen LogP contribution in [0.15, 0.2) is 18.3 Å². The molecule has 1 rings (SSSR count). The highest BCUT2D eigenvalue weighted by atomic mass is 19.1. The van der Waals surface area contributed by atoms with Crippen molar-refractivity contribution in [2.75, 3.05) is 18.4 Å². The predicted octanol–water partition coefficient (Wildman–Crippen LogP) is 0.591. The van der Waals surface area contributed by atoms with Gasteiger partial charge in [0.1, 0.15) is 0 Å². The maximum absolute atomic E-state index is 12.7. The topological polar surface area (TPSA) is 50.9 Å². The Morgan fingerprint density at radius 1 is 1.64 bits per heavy atom. The molecule has 0 aromatic carbocycles. The first-order chi connectivity index (χ1) is 5.34. The van der Waals surface area contributed by atoms with Gasteiger partial charge in [0.2, 0.25) is 0 Å². The second kappa shape index (κ2) is 3.88. The van der Waals surface area contributed by atoms with Gasteiger partial charge in [0.05, 0.1) is 0 Å². The molecule has 0 spiro atoms. The molecule has 4 heteroatoms. The fraction of sp³-hybridized carbons (Fsp3) is 0.286. The first-order valence-electron chi connectivity index (χ1n) is 3.39. The van der Waals surface area contributed by atoms with Crippen LogP contribution in [0.1, 0.15) is 0 Å². The summed E-state index contributed by atoms with van der Waals surface area (Å²) in [6, 6.07) is 2.90. The third kappa shape index (κ3) is 2.16. The van der Waals surface area contributed by atoms with E-state index in [-0.39, 0.29) is 11.6 Å². The van der Waals surface area contributed by atoms with Crippen molar-refractivity contribution in [2.24, 2.45) is 5.73 Å². The molecule has 0 aliphatic carbocycles. The molecule has 1 heterocycles. The lowest BCUT2D eigenvalue weighted by Gasteiger charge is -2.02. The molecule has 0 bridgehead atoms. The number of nitrogens with one attached hydrogen (secondary N) is 1. The third-order valence-corrected chi connectivity index (χ3v) is 1.20. The number of anilines is 1. The molecular weight excluding hydrogens is 145 g/mol. The molecule has 60 valence electrons. The molecule has 0 atom stereocenters. The van der Waals surface area contributed by atoms with Gasteiger partial charge in [-0.05, 0) is 12.1 Å². The van der Waals surface area contributed by atoms with Crippen molar-refractivity contribution in [1.82, 2.24) is 4.98 Å². The molecule has 3 nitrogen and oxygen atoms in total. The van der Waals surface area contributed by atoms with E-state index in [4.69, 9.17) is 5.73 Å². The summed E-state index contributed by atoms with van der Waals surface area (Å²) in [4.78, 5) is 3.77. The average Bonchev–Trinajstić information content (AvgIpc) is 2.03. The van der Waals surface area contributed by atoms with Crippen LogP contribution in [0.2, 0.25) is 0 Å². The van der Waals surface area contributed by atoms with Crippen molar-refractivity contribution in [3.05, 3.63) is 24.1 Å². The molecule has 0 aliphatic rings. The van der Waals surface area contributed by atoms with Gasteiger partial charge in [0, 0.05) is 19.3 Å². The molecule has 0 aliphatic heterocycles. The van der Waals surface area contributed by atoms with Gasteiger partial charge < -0.3 is 11.1 Å². The Bertz CT molecular complexity index is 227. The maximum Gasteiger partial charge on any atom is 0.165 e. The zero-order valence-electron chi connectivity index (χ0n) is 6.05. The van der Waals surface area contributed by atoms with Crippen LogP contribution in [0.3, 0.4) is 0 Å². The second-order valence-electron chi connectivity index (χ2n) is 2.05. The number of pyridine rings is 1. The lowest BCUT2D eigenvalue weighted by atomic mass is 10.4. The number of nitrogens with two attached hydrogens (primary N) is 1. The quantitative estimate of drug-likeness (QED) is 0.671. The summed E-state index contributed by atoms with van der Waals surface area (Å²) in [5.74, 6) is -0.0844. The van der Waals surface area contributed by atoms with E-state index in [2.05, 4.69) is 10.3 Å². The smallest absolute Gasteiger partial charge is 0.165 e. The molecule has 0 amide bonds. The Morgan fingerprint density at radius 3 is 3.09 bits per heavy atom. The molecule has 0 unspecified atom stereocenters. The van der Waals surface area contributed by atoms with E-state index in [1.54, 1.807) is 6.07 Å². The summed E-state index contributed by atoms with van der Waals surface area (Å²) in [5.41, 5.74) is 5.21. The van der Waals surface area contributed by atoms with Crippen molar-refractivity contribution >= 4 is 5.82 Å². The van der Waals surface area contributed by atoms with Crippen molar-refractivity contribution in [3.63, 3.8) is 0 Å². The highest BCUT2D eigenvalue weighted by Crippen LogP contribution is 2.06. The molecule has 3 N–H and O–H groups in total. The van der Waals surface area contributed by atoms with Crippen molar-refractivity contribution in [2.45, 2.75) is 0 Å². The Morgan fingerprint density at radius 2 is 2.45 bits per heavy atom. The number of rotatable bonds is 3. The van der Waals surface area contributed by atoms with Crippen LogP contribution >= 0.6 is 0 Å². The summed E-state index contributed by atoms with van der Waals surface area (Å²) in [6.45, 7) is 1.00. The highest BCUT2D eigenvalue weighted by molar-refractivity contribution is 5.35. The molecule has 1 aromatic rings. The molecule has 0 saturated carbocycles. The van der Waals surface area contributed by atoms with E-state index in [1.165, 1.54) is 12.3 Å². The van der Waals surface area contributed by atoms with Crippen LogP contribution in [-0.4, -0.2) is 18.1 Å². The lowest BCUT2D eigenvalue weighted by molar-refractivity contribution is 0.624. The lowest BCUT2D eigenvalue weighted by Crippen LogP contribution is -2.14. The SMILES string of the molecule is NCCNc1ncccc1F. The number of nitrogens with zero attached hydrogens (tertiary/aromatic N) is 1. The first kappa shape index (κ1) is 7.94. The maximum atomic E-state index is 12.7. The van der Waals surface area contributed by atoms with E-state index in [0.717, 1.165) is 0 Å². The Kier molecular flexibility index (Phi) is 2.80. The van der Waals surface area contributed by atoms with Gasteiger partial charge >= 0.3 is 0 Å². The van der Waals surface area contributed by atoms with Crippen molar-refractivity contribution < 1.29 is 4.39 Å². The summed E-state index contributed by atoms with van der Waals surface area (Å²) < 4.78 is 12.7. The van der Waals surface area contributed by atoms with Gasteiger partial charge in [0.15, 0.2) is 11.6 Å². The van der Waals surface area contributed by atoms with E-state index in [0.29, 0.717) is 13.1 Å². The molecule has 1 aromatic heterocycles. The number of hydrogen-bond acceptors (Lipinski definition) is 3. The fourth-order valence-corrected chi connectivity index (χ4v) is 0.706. The van der Waals surface area contributed by atoms with Crippen LogP contribution < -0.4 is 11.1 Å². The Hall–Kier alpha value is -1.16. The molecule has 0 radical (unpaired) electrons. The first-order valence-corrected chi connectivity index (χ1v) is 3.39. The minimum atomic E-state index is -0.346. The molecular formula is C7H10FN3. The van der Waals surface area contributed by atoms with Gasteiger partial charge in [-0.3, -0.25) is 0 Å². The van der Waals surface area contributed by atoms with E-state index < -0.39 is 0 Å². The minimum Gasteiger partial charge on any atom is -0.366 e. The molecule has 0 saturated heterocycles. The van der Waals surface area contributed by atoms with Gasteiger partial charge in [-0.15, -0.1) is 0 Å². The van der Waals surface area contributed by atoms with E-state index in [9.17, 15) is 4.39 Å². The van der Waals surface area contributed by atoms with E-state index in [1.807, 2.05) is 0 Å². The molecule has 11 heavy (non-hydrogen) atoms. The van der Waals surface area contributed by atoms with Crippen LogP contribution in [0, 0.1) is 5.82 Å². The van der Waals surface area contributed by atoms with Crippen molar-refractivity contribution in [1.29, 1.82) is 0 Å². The predicted molar refractivity (Wildman–Crippen MR) is 41.7 cm³/mol. The number of aromatic nitrogens is 1. The normalized spacial score (nSPS) is 9.64. The van der Waals surface area contributed by atoms with Gasteiger partial charge in [-0.2, -0.15) is 0 Å². The van der Waals surface area contributed by atoms with Crippen molar-refractivity contribution in [3.8, 4) is 0 Å². The van der Waals surface area contributed by atoms with Gasteiger partial charge in [-0.25, -0.2) is 9.37 Å². The second-order valence-corrected chi connectivity index (χ2v) is 2.05. The zero-order chi connectivity index (χ0) is 8.10. The average molecular weight is 155 g/mol. The van der Waals surface area contributed by atoms with Gasteiger partial charge in [-0.1, -0.05) is 0 Å². The fourth-order valence-electron chi connectivity index (χ4n) is 0.706. The minimum absolute atomic E-state index is 0.262. The zero-order valence-corrected chi connectivity index (χ0v) is 6.05. The van der Waals surface area contributed by atoms with Crippen LogP contribution in [-0.2, 0) is 0 Å². The Labute approximate surface area is 64.4 Å². The standard InChI is InChI=1S/C7H10FN3/c8-6-2-1-4-10-7(6)11-5-3-9/h1-2,4H,3,5,9H2,(H,10,11). The summed E-state index contributed by atoms with van der Waals surface area (Å²) >= 11 is 0. The summed E-state index contributed by atoms with van der Waals surface area (Å²) in [7, 11) is 0. The monoisotopic (exact) mass is 155 g/mol. The Balaban J connectivity index is 2.62. The van der Waals surface area contributed by atoms with Crippen LogP contribution in [0.4, 0.5) is 10.2 Å². The van der Waals surface area contributed by atoms with Gasteiger partial charge in [0.25, 0.3) is 0 Å². The highest BCUT2D eigenvalue weighted by Gasteiger charge is 1.98. The number of hydrogen-bond donors (Lipinski definition) is 2. The molecule has 0 fully saturated rings. The van der Waals surface area contributed by atoms with E-state index >= 15 is 0 Å². The summed E-state index contributed by atoms with van der Waals surface area (Å²) in [5, 5.41) is 2.75.